The Bertz CT molecular complexity index is 1220. The maximum Gasteiger partial charge on any atom is 0.326 e. The molecule has 0 radical (unpaired) electrons. The Hall–Kier alpha value is -2.44. The van der Waals surface area contributed by atoms with Crippen LogP contribution in [0.3, 0.4) is 0 Å². The molecule has 0 spiro atoms. The van der Waals surface area contributed by atoms with Gasteiger partial charge in [0.1, 0.15) is 12.4 Å². The molecule has 3 aromatic carbocycles. The zero-order valence-corrected chi connectivity index (χ0v) is 21.5. The van der Waals surface area contributed by atoms with Crippen LogP contribution < -0.4 is 15.0 Å². The summed E-state index contributed by atoms with van der Waals surface area (Å²) in [7, 11) is 0. The average Bonchev–Trinajstić information content (AvgIpc) is 2.86. The molecule has 2 aliphatic rings. The number of carbonyl (C=O) groups excluding carboxylic acids is 1. The number of hydrogen-bond donors (Lipinski definition) is 1. The third-order valence-corrected chi connectivity index (χ3v) is 7.45. The summed E-state index contributed by atoms with van der Waals surface area (Å²) in [4.78, 5) is 17.1. The molecule has 1 fully saturated rings. The van der Waals surface area contributed by atoms with Gasteiger partial charge in [-0.3, -0.25) is 9.80 Å². The number of halogens is 3. The number of para-hydroxylation sites is 1. The number of urea groups is 1. The van der Waals surface area contributed by atoms with Crippen LogP contribution in [0.1, 0.15) is 24.8 Å². The first kappa shape index (κ1) is 24.3. The Morgan fingerprint density at radius 2 is 1.57 bits per heavy atom. The third kappa shape index (κ3) is 5.10. The molecular formula is C27H26Cl3N3O2. The van der Waals surface area contributed by atoms with Gasteiger partial charge in [-0.25, -0.2) is 4.79 Å². The van der Waals surface area contributed by atoms with E-state index in [9.17, 15) is 4.79 Å². The Balaban J connectivity index is 1.58. The predicted molar refractivity (Wildman–Crippen MR) is 144 cm³/mol. The molecule has 1 N–H and O–H groups in total. The number of piperidine rings is 1. The Kier molecular flexibility index (Phi) is 7.40. The summed E-state index contributed by atoms with van der Waals surface area (Å²) >= 11 is 19.6. The number of nitrogens with one attached hydrogen (secondary N) is 1. The lowest BCUT2D eigenvalue weighted by Gasteiger charge is -2.33. The van der Waals surface area contributed by atoms with Gasteiger partial charge in [0.15, 0.2) is 0 Å². The van der Waals surface area contributed by atoms with Gasteiger partial charge in [-0.1, -0.05) is 65.5 Å². The van der Waals surface area contributed by atoms with E-state index in [-0.39, 0.29) is 6.03 Å². The molecule has 1 saturated heterocycles. The van der Waals surface area contributed by atoms with Crippen molar-refractivity contribution in [2.75, 3.05) is 31.1 Å². The number of fused-ring (bicyclic) bond motifs is 1. The number of anilines is 2. The maximum atomic E-state index is 13.1. The molecule has 35 heavy (non-hydrogen) atoms. The molecule has 0 aromatic heterocycles. The van der Waals surface area contributed by atoms with Crippen LogP contribution in [-0.4, -0.2) is 37.2 Å². The first-order chi connectivity index (χ1) is 17.0. The highest BCUT2D eigenvalue weighted by atomic mass is 35.5. The number of benzene rings is 3. The molecule has 2 aliphatic heterocycles. The van der Waals surface area contributed by atoms with Crippen molar-refractivity contribution >= 4 is 52.2 Å². The smallest absolute Gasteiger partial charge is 0.326 e. The number of amides is 2. The summed E-state index contributed by atoms with van der Waals surface area (Å²) in [5.74, 6) is 0.665. The molecule has 0 unspecified atom stereocenters. The van der Waals surface area contributed by atoms with E-state index in [0.717, 1.165) is 36.3 Å². The van der Waals surface area contributed by atoms with Crippen LogP contribution in [0.2, 0.25) is 15.1 Å². The minimum Gasteiger partial charge on any atom is -0.492 e. The summed E-state index contributed by atoms with van der Waals surface area (Å²) < 4.78 is 6.25. The van der Waals surface area contributed by atoms with Crippen LogP contribution in [0.25, 0.3) is 11.1 Å². The van der Waals surface area contributed by atoms with Gasteiger partial charge in [0.25, 0.3) is 0 Å². The molecule has 0 atom stereocenters. The van der Waals surface area contributed by atoms with Gasteiger partial charge in [-0.05, 0) is 55.8 Å². The number of rotatable bonds is 6. The van der Waals surface area contributed by atoms with Gasteiger partial charge in [0.05, 0.1) is 21.4 Å². The van der Waals surface area contributed by atoms with Crippen molar-refractivity contribution in [2.45, 2.75) is 25.8 Å². The van der Waals surface area contributed by atoms with Gasteiger partial charge in [0, 0.05) is 35.3 Å². The quantitative estimate of drug-likeness (QED) is 0.358. The number of ether oxygens (including phenoxy) is 1. The maximum absolute atomic E-state index is 13.1. The van der Waals surface area contributed by atoms with Crippen LogP contribution in [-0.2, 0) is 6.54 Å². The molecule has 182 valence electrons. The van der Waals surface area contributed by atoms with Crippen LogP contribution in [0.15, 0.2) is 54.6 Å². The van der Waals surface area contributed by atoms with E-state index in [2.05, 4.69) is 10.2 Å². The van der Waals surface area contributed by atoms with Gasteiger partial charge >= 0.3 is 6.03 Å². The van der Waals surface area contributed by atoms with Crippen molar-refractivity contribution in [3.05, 3.63) is 75.2 Å². The van der Waals surface area contributed by atoms with E-state index < -0.39 is 0 Å². The summed E-state index contributed by atoms with van der Waals surface area (Å²) in [6, 6.07) is 16.5. The van der Waals surface area contributed by atoms with Crippen LogP contribution in [0.5, 0.6) is 5.75 Å². The Morgan fingerprint density at radius 1 is 0.857 bits per heavy atom. The van der Waals surface area contributed by atoms with Crippen molar-refractivity contribution < 1.29 is 9.53 Å². The van der Waals surface area contributed by atoms with Crippen molar-refractivity contribution in [2.24, 2.45) is 0 Å². The summed E-state index contributed by atoms with van der Waals surface area (Å²) in [6.07, 6.45) is 3.77. The Labute approximate surface area is 220 Å². The first-order valence-electron chi connectivity index (χ1n) is 11.8. The third-order valence-electron chi connectivity index (χ3n) is 6.51. The minimum absolute atomic E-state index is 0.303. The Morgan fingerprint density at radius 3 is 2.31 bits per heavy atom. The van der Waals surface area contributed by atoms with Crippen LogP contribution in [0, 0.1) is 0 Å². The second-order valence-electron chi connectivity index (χ2n) is 8.76. The lowest BCUT2D eigenvalue weighted by molar-refractivity contribution is 0.183. The molecule has 5 nitrogen and oxygen atoms in total. The predicted octanol–water partition coefficient (Wildman–Crippen LogP) is 7.54. The summed E-state index contributed by atoms with van der Waals surface area (Å²) in [5, 5.41) is 4.35. The molecule has 8 heteroatoms. The van der Waals surface area contributed by atoms with Crippen molar-refractivity contribution in [3.63, 3.8) is 0 Å². The average molecular weight is 531 g/mol. The highest BCUT2D eigenvalue weighted by Gasteiger charge is 2.31. The highest BCUT2D eigenvalue weighted by Crippen LogP contribution is 2.45. The standard InChI is InChI=1S/C27H26Cl3N3O2/c28-22-8-3-2-7-19(22)20-15-18(35-14-13-32-11-4-1-5-12-32)16-25-21(20)17-31-27(34)33(25)26-23(29)9-6-10-24(26)30/h2-3,6-10,15-16H,1,4-5,11-14,17H2,(H,31,34). The SMILES string of the molecule is O=C1NCc2c(-c3ccccc3Cl)cc(OCCN3CCCCC3)cc2N1c1c(Cl)cccc1Cl. The van der Waals surface area contributed by atoms with E-state index in [4.69, 9.17) is 39.5 Å². The second-order valence-corrected chi connectivity index (χ2v) is 9.99. The van der Waals surface area contributed by atoms with Gasteiger partial charge in [-0.15, -0.1) is 0 Å². The van der Waals surface area contributed by atoms with Crippen molar-refractivity contribution in [1.29, 1.82) is 0 Å². The first-order valence-corrected chi connectivity index (χ1v) is 13.0. The molecule has 0 saturated carbocycles. The van der Waals surface area contributed by atoms with E-state index in [1.54, 1.807) is 18.2 Å². The molecule has 0 bridgehead atoms. The van der Waals surface area contributed by atoms with E-state index in [0.29, 0.717) is 45.3 Å². The van der Waals surface area contributed by atoms with Gasteiger partial charge in [-0.2, -0.15) is 0 Å². The number of likely N-dealkylation sites (tertiary alicyclic amines) is 1. The molecule has 0 aliphatic carbocycles. The lowest BCUT2D eigenvalue weighted by atomic mass is 9.95. The zero-order valence-electron chi connectivity index (χ0n) is 19.2. The number of hydrogen-bond acceptors (Lipinski definition) is 3. The molecular weight excluding hydrogens is 505 g/mol. The summed E-state index contributed by atoms with van der Waals surface area (Å²) in [6.45, 7) is 3.98. The highest BCUT2D eigenvalue weighted by molar-refractivity contribution is 6.40. The zero-order chi connectivity index (χ0) is 24.4. The van der Waals surface area contributed by atoms with Gasteiger partial charge < -0.3 is 10.1 Å². The van der Waals surface area contributed by atoms with Gasteiger partial charge in [0.2, 0.25) is 0 Å². The fourth-order valence-electron chi connectivity index (χ4n) is 4.77. The molecule has 2 heterocycles. The van der Waals surface area contributed by atoms with Crippen molar-refractivity contribution in [3.8, 4) is 16.9 Å². The van der Waals surface area contributed by atoms with Crippen LogP contribution in [0.4, 0.5) is 16.2 Å². The number of nitrogens with zero attached hydrogens (tertiary/aromatic N) is 2. The topological polar surface area (TPSA) is 44.8 Å². The van der Waals surface area contributed by atoms with E-state index in [1.165, 1.54) is 24.2 Å². The van der Waals surface area contributed by atoms with E-state index >= 15 is 0 Å². The second kappa shape index (κ2) is 10.7. The fraction of sp³-hybridized carbons (Fsp3) is 0.296. The molecule has 3 aromatic rings. The van der Waals surface area contributed by atoms with Crippen molar-refractivity contribution in [1.82, 2.24) is 10.2 Å². The molecule has 5 rings (SSSR count). The monoisotopic (exact) mass is 529 g/mol. The lowest BCUT2D eigenvalue weighted by Crippen LogP contribution is -2.41. The minimum atomic E-state index is -0.303. The summed E-state index contributed by atoms with van der Waals surface area (Å²) in [5.41, 5.74) is 3.79. The largest absolute Gasteiger partial charge is 0.492 e. The van der Waals surface area contributed by atoms with Crippen LogP contribution >= 0.6 is 34.8 Å². The fourth-order valence-corrected chi connectivity index (χ4v) is 5.58. The van der Waals surface area contributed by atoms with E-state index in [1.807, 2.05) is 36.4 Å². The molecule has 2 amide bonds. The normalized spacial score (nSPS) is 16.1. The number of carbonyl (C=O) groups is 1.